The highest BCUT2D eigenvalue weighted by Gasteiger charge is 2.58. The van der Waals surface area contributed by atoms with Crippen molar-refractivity contribution in [3.05, 3.63) is 48.0 Å². The van der Waals surface area contributed by atoms with E-state index in [9.17, 15) is 9.59 Å². The largest absolute Gasteiger partial charge is 0.375 e. The molecule has 4 rings (SSSR count). The zero-order valence-corrected chi connectivity index (χ0v) is 12.4. The number of hydrogen-bond donors (Lipinski definition) is 0. The molecule has 0 radical (unpaired) electrons. The van der Waals surface area contributed by atoms with Crippen LogP contribution in [0.15, 0.2) is 42.5 Å². The summed E-state index contributed by atoms with van der Waals surface area (Å²) in [6, 6.07) is 9.90. The quantitative estimate of drug-likeness (QED) is 0.474. The molecule has 0 N–H and O–H groups in total. The molecule has 4 nitrogen and oxygen atoms in total. The van der Waals surface area contributed by atoms with E-state index in [0.29, 0.717) is 19.8 Å². The molecule has 0 unspecified atom stereocenters. The van der Waals surface area contributed by atoms with E-state index in [2.05, 4.69) is 12.2 Å². The van der Waals surface area contributed by atoms with Crippen molar-refractivity contribution in [1.82, 2.24) is 4.90 Å². The fourth-order valence-electron chi connectivity index (χ4n) is 4.10. The average Bonchev–Trinajstić information content (AvgIpc) is 3.21. The lowest BCUT2D eigenvalue weighted by Gasteiger charge is -2.17. The number of nitrogens with zero attached hydrogens (tertiary/aromatic N) is 1. The van der Waals surface area contributed by atoms with E-state index in [0.717, 1.165) is 12.0 Å². The maximum absolute atomic E-state index is 12.5. The summed E-state index contributed by atoms with van der Waals surface area (Å²) in [6.07, 6.45) is 5.21. The number of hydrogen-bond acceptors (Lipinski definition) is 3. The molecule has 1 aliphatic heterocycles. The van der Waals surface area contributed by atoms with Gasteiger partial charge in [-0.1, -0.05) is 42.5 Å². The number of benzene rings is 1. The molecule has 1 aromatic carbocycles. The number of rotatable bonds is 5. The van der Waals surface area contributed by atoms with Crippen LogP contribution in [-0.4, -0.2) is 29.9 Å². The summed E-state index contributed by atoms with van der Waals surface area (Å²) in [6.45, 7) is 1.28. The molecular formula is C18H19NO3. The van der Waals surface area contributed by atoms with Crippen LogP contribution in [0.5, 0.6) is 0 Å². The summed E-state index contributed by atoms with van der Waals surface area (Å²) in [5.74, 6) is 0.377. The van der Waals surface area contributed by atoms with Crippen LogP contribution in [0.1, 0.15) is 12.0 Å². The van der Waals surface area contributed by atoms with Gasteiger partial charge in [-0.2, -0.15) is 0 Å². The summed E-state index contributed by atoms with van der Waals surface area (Å²) < 4.78 is 5.61. The number of imide groups is 1. The van der Waals surface area contributed by atoms with Gasteiger partial charge in [0.2, 0.25) is 11.8 Å². The second-order valence-corrected chi connectivity index (χ2v) is 6.37. The van der Waals surface area contributed by atoms with Gasteiger partial charge in [0.15, 0.2) is 0 Å². The first-order valence-corrected chi connectivity index (χ1v) is 7.91. The molecule has 3 aliphatic rings. The van der Waals surface area contributed by atoms with Crippen LogP contribution >= 0.6 is 0 Å². The Bertz CT molecular complexity index is 594. The van der Waals surface area contributed by atoms with Crippen molar-refractivity contribution in [3.63, 3.8) is 0 Å². The fourth-order valence-corrected chi connectivity index (χ4v) is 4.10. The van der Waals surface area contributed by atoms with Crippen LogP contribution < -0.4 is 0 Å². The lowest BCUT2D eigenvalue weighted by Crippen LogP contribution is -2.35. The first kappa shape index (κ1) is 13.7. The van der Waals surface area contributed by atoms with Crippen molar-refractivity contribution >= 4 is 11.8 Å². The van der Waals surface area contributed by atoms with Crippen LogP contribution in [0.4, 0.5) is 0 Å². The number of carbonyl (C=O) groups is 2. The third-order valence-corrected chi connectivity index (χ3v) is 5.13. The zero-order valence-electron chi connectivity index (χ0n) is 12.4. The normalized spacial score (nSPS) is 32.1. The molecule has 2 bridgehead atoms. The number of fused-ring (bicyclic) bond motifs is 5. The molecule has 1 saturated carbocycles. The number of allylic oxidation sites excluding steroid dienone is 2. The van der Waals surface area contributed by atoms with Gasteiger partial charge in [0, 0.05) is 0 Å². The summed E-state index contributed by atoms with van der Waals surface area (Å²) in [5, 5.41) is 0. The Hall–Kier alpha value is -1.94. The van der Waals surface area contributed by atoms with Gasteiger partial charge >= 0.3 is 0 Å². The first-order chi connectivity index (χ1) is 10.8. The molecule has 1 heterocycles. The minimum Gasteiger partial charge on any atom is -0.375 e. The van der Waals surface area contributed by atoms with Gasteiger partial charge in [0.25, 0.3) is 0 Å². The molecular weight excluding hydrogens is 278 g/mol. The number of carbonyl (C=O) groups excluding carboxylic acids is 2. The summed E-state index contributed by atoms with van der Waals surface area (Å²) >= 11 is 0. The Labute approximate surface area is 129 Å². The average molecular weight is 297 g/mol. The van der Waals surface area contributed by atoms with E-state index < -0.39 is 0 Å². The zero-order chi connectivity index (χ0) is 15.1. The first-order valence-electron chi connectivity index (χ1n) is 7.91. The monoisotopic (exact) mass is 297 g/mol. The number of likely N-dealkylation sites (tertiary alicyclic amines) is 1. The van der Waals surface area contributed by atoms with Crippen molar-refractivity contribution in [3.8, 4) is 0 Å². The molecule has 1 saturated heterocycles. The minimum atomic E-state index is -0.100. The molecule has 0 spiro atoms. The van der Waals surface area contributed by atoms with E-state index >= 15 is 0 Å². The van der Waals surface area contributed by atoms with Crippen LogP contribution in [0.3, 0.4) is 0 Å². The highest BCUT2D eigenvalue weighted by atomic mass is 16.5. The topological polar surface area (TPSA) is 46.6 Å². The lowest BCUT2D eigenvalue weighted by atomic mass is 9.85. The third kappa shape index (κ3) is 2.10. The second kappa shape index (κ2) is 5.36. The molecule has 1 aromatic rings. The van der Waals surface area contributed by atoms with Crippen molar-refractivity contribution in [2.75, 3.05) is 13.2 Å². The minimum absolute atomic E-state index is 0.00941. The van der Waals surface area contributed by atoms with Gasteiger partial charge in [-0.15, -0.1) is 0 Å². The highest BCUT2D eigenvalue weighted by Crippen LogP contribution is 2.52. The van der Waals surface area contributed by atoms with E-state index in [-0.39, 0.29) is 35.5 Å². The van der Waals surface area contributed by atoms with Crippen LogP contribution in [-0.2, 0) is 20.9 Å². The number of ether oxygens (including phenoxy) is 1. The summed E-state index contributed by atoms with van der Waals surface area (Å²) in [7, 11) is 0. The molecule has 114 valence electrons. The van der Waals surface area contributed by atoms with Crippen LogP contribution in [0.2, 0.25) is 0 Å². The van der Waals surface area contributed by atoms with Crippen molar-refractivity contribution in [1.29, 1.82) is 0 Å². The molecule has 2 amide bonds. The van der Waals surface area contributed by atoms with Crippen molar-refractivity contribution < 1.29 is 14.3 Å². The molecule has 0 aromatic heterocycles. The smallest absolute Gasteiger partial charge is 0.233 e. The van der Waals surface area contributed by atoms with E-state index in [1.807, 2.05) is 30.3 Å². The van der Waals surface area contributed by atoms with Gasteiger partial charge in [-0.05, 0) is 23.8 Å². The molecule has 2 fully saturated rings. The molecule has 4 heteroatoms. The lowest BCUT2D eigenvalue weighted by molar-refractivity contribution is -0.141. The van der Waals surface area contributed by atoms with Crippen LogP contribution in [0, 0.1) is 23.7 Å². The van der Waals surface area contributed by atoms with E-state index in [1.165, 1.54) is 4.90 Å². The van der Waals surface area contributed by atoms with Gasteiger partial charge < -0.3 is 4.74 Å². The fraction of sp³-hybridized carbons (Fsp3) is 0.444. The van der Waals surface area contributed by atoms with Gasteiger partial charge in [0.1, 0.15) is 0 Å². The maximum atomic E-state index is 12.5. The van der Waals surface area contributed by atoms with Crippen molar-refractivity contribution in [2.45, 2.75) is 13.0 Å². The Kier molecular flexibility index (Phi) is 3.34. The number of amides is 2. The van der Waals surface area contributed by atoms with Crippen molar-refractivity contribution in [2.24, 2.45) is 23.7 Å². The van der Waals surface area contributed by atoms with E-state index in [1.54, 1.807) is 0 Å². The predicted molar refractivity (Wildman–Crippen MR) is 80.5 cm³/mol. The maximum Gasteiger partial charge on any atom is 0.233 e. The Morgan fingerprint density at radius 1 is 1.00 bits per heavy atom. The highest BCUT2D eigenvalue weighted by molar-refractivity contribution is 6.06. The molecule has 2 aliphatic carbocycles. The Morgan fingerprint density at radius 2 is 1.64 bits per heavy atom. The Morgan fingerprint density at radius 3 is 2.27 bits per heavy atom. The second-order valence-electron chi connectivity index (χ2n) is 6.37. The molecule has 4 atom stereocenters. The Balaban J connectivity index is 1.33. The molecule has 22 heavy (non-hydrogen) atoms. The third-order valence-electron chi connectivity index (χ3n) is 5.13. The van der Waals surface area contributed by atoms with Gasteiger partial charge in [-0.25, -0.2) is 0 Å². The summed E-state index contributed by atoms with van der Waals surface area (Å²) in [5.41, 5.74) is 1.10. The van der Waals surface area contributed by atoms with Gasteiger partial charge in [-0.3, -0.25) is 14.5 Å². The van der Waals surface area contributed by atoms with E-state index in [4.69, 9.17) is 4.74 Å². The summed E-state index contributed by atoms with van der Waals surface area (Å²) in [4.78, 5) is 26.4. The SMILES string of the molecule is O=C1[C@H]2[C@H](C(=O)N1CCOCc1ccccc1)[C@H]1C=C[C@H]2C1. The predicted octanol–water partition coefficient (Wildman–Crippen LogP) is 2.01. The van der Waals surface area contributed by atoms with Gasteiger partial charge in [0.05, 0.1) is 31.6 Å². The van der Waals surface area contributed by atoms with Crippen LogP contribution in [0.25, 0.3) is 0 Å². The standard InChI is InChI=1S/C18H19NO3/c20-17-15-13-6-7-14(10-13)16(15)18(21)19(17)8-9-22-11-12-4-2-1-3-5-12/h1-7,13-16H,8-11H2/t13-,14-,15+,16+/m0/s1.